The highest BCUT2D eigenvalue weighted by atomic mass is 35.5. The molecule has 0 fully saturated rings. The van der Waals surface area contributed by atoms with E-state index in [2.05, 4.69) is 15.6 Å². The van der Waals surface area contributed by atoms with E-state index in [4.69, 9.17) is 0 Å². The number of likely N-dealkylation sites (N-methyl/N-ethyl adjacent to an activating group) is 1. The fraction of sp³-hybridized carbons (Fsp3) is 0.333. The first-order valence-electron chi connectivity index (χ1n) is 6.72. The topological polar surface area (TPSA) is 54.0 Å². The van der Waals surface area contributed by atoms with E-state index in [1.54, 1.807) is 11.3 Å². The number of thiazole rings is 1. The Labute approximate surface area is 147 Å². The Morgan fingerprint density at radius 1 is 1.27 bits per heavy atom. The summed E-state index contributed by atoms with van der Waals surface area (Å²) in [6.45, 7) is 6.35. The van der Waals surface area contributed by atoms with Crippen molar-refractivity contribution in [2.75, 3.05) is 19.6 Å². The molecule has 1 aromatic heterocycles. The van der Waals surface area contributed by atoms with Crippen molar-refractivity contribution in [3.63, 3.8) is 0 Å². The van der Waals surface area contributed by atoms with Gasteiger partial charge in [0.1, 0.15) is 0 Å². The van der Waals surface area contributed by atoms with E-state index >= 15 is 0 Å². The first-order valence-corrected chi connectivity index (χ1v) is 7.60. The summed E-state index contributed by atoms with van der Waals surface area (Å²) in [4.78, 5) is 16.5. The highest BCUT2D eigenvalue weighted by Crippen LogP contribution is 2.22. The standard InChI is InChI=1S/C15H19N3OS.2ClH/c1-3-16-7-8-17-15(19)13-6-4-5-12(9-13)14-10-20-11(2)18-14;;/h4-6,9-10,16H,3,7-8H2,1-2H3,(H,17,19);2*1H. The maximum absolute atomic E-state index is 12.0. The summed E-state index contributed by atoms with van der Waals surface area (Å²) in [5, 5.41) is 9.11. The molecule has 0 spiro atoms. The number of halogens is 2. The molecule has 0 saturated heterocycles. The number of nitrogens with zero attached hydrogens (tertiary/aromatic N) is 1. The quantitative estimate of drug-likeness (QED) is 0.776. The largest absolute Gasteiger partial charge is 0.351 e. The predicted octanol–water partition coefficient (Wildman–Crippen LogP) is 3.30. The second-order valence-corrected chi connectivity index (χ2v) is 5.50. The Morgan fingerprint density at radius 2 is 2.05 bits per heavy atom. The smallest absolute Gasteiger partial charge is 0.251 e. The zero-order valence-electron chi connectivity index (χ0n) is 12.6. The highest BCUT2D eigenvalue weighted by Gasteiger charge is 2.08. The fourth-order valence-corrected chi connectivity index (χ4v) is 2.48. The summed E-state index contributed by atoms with van der Waals surface area (Å²) in [5.41, 5.74) is 2.58. The van der Waals surface area contributed by atoms with Crippen LogP contribution in [-0.2, 0) is 0 Å². The molecule has 0 aliphatic heterocycles. The average Bonchev–Trinajstić information content (AvgIpc) is 2.90. The van der Waals surface area contributed by atoms with Crippen LogP contribution >= 0.6 is 36.2 Å². The van der Waals surface area contributed by atoms with Crippen LogP contribution in [0.25, 0.3) is 11.3 Å². The van der Waals surface area contributed by atoms with Crippen LogP contribution in [0.3, 0.4) is 0 Å². The van der Waals surface area contributed by atoms with Crippen molar-refractivity contribution in [1.29, 1.82) is 0 Å². The maximum atomic E-state index is 12.0. The number of aryl methyl sites for hydroxylation is 1. The minimum Gasteiger partial charge on any atom is -0.351 e. The molecule has 0 atom stereocenters. The maximum Gasteiger partial charge on any atom is 0.251 e. The van der Waals surface area contributed by atoms with Crippen molar-refractivity contribution >= 4 is 42.1 Å². The third kappa shape index (κ3) is 5.93. The van der Waals surface area contributed by atoms with E-state index in [0.717, 1.165) is 29.4 Å². The minimum atomic E-state index is -0.0447. The van der Waals surface area contributed by atoms with Gasteiger partial charge in [-0.1, -0.05) is 19.1 Å². The lowest BCUT2D eigenvalue weighted by Gasteiger charge is -2.06. The lowest BCUT2D eigenvalue weighted by molar-refractivity contribution is 0.0954. The fourth-order valence-electron chi connectivity index (χ4n) is 1.86. The van der Waals surface area contributed by atoms with Gasteiger partial charge in [-0.15, -0.1) is 36.2 Å². The van der Waals surface area contributed by atoms with Crippen molar-refractivity contribution in [2.45, 2.75) is 13.8 Å². The molecule has 2 N–H and O–H groups in total. The second kappa shape index (κ2) is 10.6. The van der Waals surface area contributed by atoms with E-state index in [9.17, 15) is 4.79 Å². The Kier molecular flexibility index (Phi) is 10.0. The van der Waals surface area contributed by atoms with Gasteiger partial charge in [0.25, 0.3) is 5.91 Å². The van der Waals surface area contributed by atoms with Crippen LogP contribution in [0, 0.1) is 6.92 Å². The molecule has 2 aromatic rings. The lowest BCUT2D eigenvalue weighted by Crippen LogP contribution is -2.31. The number of amides is 1. The SMILES string of the molecule is CCNCCNC(=O)c1cccc(-c2csc(C)n2)c1.Cl.Cl. The average molecular weight is 362 g/mol. The molecule has 1 amide bonds. The van der Waals surface area contributed by atoms with Gasteiger partial charge in [0.15, 0.2) is 0 Å². The molecular formula is C15H21Cl2N3OS. The third-order valence-corrected chi connectivity index (χ3v) is 3.65. The number of rotatable bonds is 6. The van der Waals surface area contributed by atoms with Crippen molar-refractivity contribution in [2.24, 2.45) is 0 Å². The van der Waals surface area contributed by atoms with Crippen LogP contribution in [0.4, 0.5) is 0 Å². The van der Waals surface area contributed by atoms with Crippen LogP contribution < -0.4 is 10.6 Å². The van der Waals surface area contributed by atoms with Gasteiger partial charge in [-0.05, 0) is 25.6 Å². The number of benzene rings is 1. The summed E-state index contributed by atoms with van der Waals surface area (Å²) in [7, 11) is 0. The zero-order valence-corrected chi connectivity index (χ0v) is 15.0. The van der Waals surface area contributed by atoms with Crippen LogP contribution in [0.2, 0.25) is 0 Å². The van der Waals surface area contributed by atoms with E-state index in [0.29, 0.717) is 12.1 Å². The molecule has 0 aliphatic carbocycles. The molecule has 2 rings (SSSR count). The van der Waals surface area contributed by atoms with Gasteiger partial charge < -0.3 is 10.6 Å². The van der Waals surface area contributed by atoms with Crippen molar-refractivity contribution in [3.05, 3.63) is 40.2 Å². The summed E-state index contributed by atoms with van der Waals surface area (Å²) < 4.78 is 0. The Bertz CT molecular complexity index is 590. The Hall–Kier alpha value is -1.14. The molecule has 122 valence electrons. The van der Waals surface area contributed by atoms with Gasteiger partial charge in [0.2, 0.25) is 0 Å². The third-order valence-electron chi connectivity index (χ3n) is 2.88. The molecule has 0 aliphatic rings. The molecule has 0 bridgehead atoms. The molecule has 0 unspecified atom stereocenters. The molecule has 0 radical (unpaired) electrons. The van der Waals surface area contributed by atoms with Gasteiger partial charge in [0, 0.05) is 29.6 Å². The Balaban J connectivity index is 0.00000220. The van der Waals surface area contributed by atoms with Crippen molar-refractivity contribution in [3.8, 4) is 11.3 Å². The zero-order chi connectivity index (χ0) is 14.4. The first kappa shape index (κ1) is 20.9. The van der Waals surface area contributed by atoms with Gasteiger partial charge in [0.05, 0.1) is 10.7 Å². The van der Waals surface area contributed by atoms with E-state index in [-0.39, 0.29) is 30.7 Å². The van der Waals surface area contributed by atoms with E-state index in [1.165, 1.54) is 0 Å². The molecule has 1 aromatic carbocycles. The van der Waals surface area contributed by atoms with Crippen LogP contribution in [-0.4, -0.2) is 30.5 Å². The Morgan fingerprint density at radius 3 is 2.68 bits per heavy atom. The van der Waals surface area contributed by atoms with Gasteiger partial charge in [-0.3, -0.25) is 4.79 Å². The lowest BCUT2D eigenvalue weighted by atomic mass is 10.1. The normalized spacial score (nSPS) is 9.55. The van der Waals surface area contributed by atoms with E-state index < -0.39 is 0 Å². The molecule has 1 heterocycles. The molecule has 7 heteroatoms. The molecule has 22 heavy (non-hydrogen) atoms. The molecular weight excluding hydrogens is 341 g/mol. The predicted molar refractivity (Wildman–Crippen MR) is 97.7 cm³/mol. The summed E-state index contributed by atoms with van der Waals surface area (Å²) in [5.74, 6) is -0.0447. The monoisotopic (exact) mass is 361 g/mol. The van der Waals surface area contributed by atoms with Gasteiger partial charge in [-0.2, -0.15) is 0 Å². The number of carbonyl (C=O) groups excluding carboxylic acids is 1. The molecule has 4 nitrogen and oxygen atoms in total. The van der Waals surface area contributed by atoms with Crippen LogP contribution in [0.5, 0.6) is 0 Å². The van der Waals surface area contributed by atoms with Crippen molar-refractivity contribution < 1.29 is 4.79 Å². The summed E-state index contributed by atoms with van der Waals surface area (Å²) >= 11 is 1.61. The second-order valence-electron chi connectivity index (χ2n) is 4.44. The molecule has 0 saturated carbocycles. The number of hydrogen-bond acceptors (Lipinski definition) is 4. The van der Waals surface area contributed by atoms with Crippen LogP contribution in [0.1, 0.15) is 22.3 Å². The van der Waals surface area contributed by atoms with Crippen molar-refractivity contribution in [1.82, 2.24) is 15.6 Å². The van der Waals surface area contributed by atoms with Crippen LogP contribution in [0.15, 0.2) is 29.6 Å². The minimum absolute atomic E-state index is 0. The number of nitrogens with one attached hydrogen (secondary N) is 2. The van der Waals surface area contributed by atoms with Gasteiger partial charge in [-0.25, -0.2) is 4.98 Å². The van der Waals surface area contributed by atoms with Gasteiger partial charge >= 0.3 is 0 Å². The number of hydrogen-bond donors (Lipinski definition) is 2. The summed E-state index contributed by atoms with van der Waals surface area (Å²) in [6, 6.07) is 7.58. The number of carbonyl (C=O) groups is 1. The van der Waals surface area contributed by atoms with E-state index in [1.807, 2.05) is 43.5 Å². The number of aromatic nitrogens is 1. The summed E-state index contributed by atoms with van der Waals surface area (Å²) in [6.07, 6.45) is 0. The first-order chi connectivity index (χ1) is 9.70. The highest BCUT2D eigenvalue weighted by molar-refractivity contribution is 7.09.